The number of aryl methyl sites for hydroxylation is 2. The molecule has 0 aromatic carbocycles. The predicted octanol–water partition coefficient (Wildman–Crippen LogP) is 1.67. The Bertz CT molecular complexity index is 283. The van der Waals surface area contributed by atoms with Gasteiger partial charge in [0.1, 0.15) is 0 Å². The zero-order valence-corrected chi connectivity index (χ0v) is 9.63. The molecule has 0 amide bonds. The van der Waals surface area contributed by atoms with Crippen molar-refractivity contribution < 1.29 is 5.11 Å². The van der Waals surface area contributed by atoms with Gasteiger partial charge in [-0.1, -0.05) is 6.92 Å². The number of halogens is 1. The first-order valence-electron chi connectivity index (χ1n) is 4.51. The van der Waals surface area contributed by atoms with Crippen molar-refractivity contribution in [3.8, 4) is 0 Å². The summed E-state index contributed by atoms with van der Waals surface area (Å²) >= 11 is 3.53. The van der Waals surface area contributed by atoms with Crippen LogP contribution in [0.2, 0.25) is 0 Å². The van der Waals surface area contributed by atoms with Crippen molar-refractivity contribution >= 4 is 15.9 Å². The number of hydrogen-bond donors (Lipinski definition) is 1. The third-order valence-electron chi connectivity index (χ3n) is 2.07. The van der Waals surface area contributed by atoms with Crippen LogP contribution in [0, 0.1) is 0 Å². The number of hydrogen-bond acceptors (Lipinski definition) is 2. The van der Waals surface area contributed by atoms with E-state index in [1.165, 1.54) is 5.69 Å². The van der Waals surface area contributed by atoms with E-state index in [0.717, 1.165) is 29.4 Å². The monoisotopic (exact) mass is 246 g/mol. The number of nitrogens with zero attached hydrogens (tertiary/aromatic N) is 2. The van der Waals surface area contributed by atoms with E-state index in [-0.39, 0.29) is 6.61 Å². The molecule has 74 valence electrons. The summed E-state index contributed by atoms with van der Waals surface area (Å²) in [7, 11) is 1.94. The van der Waals surface area contributed by atoms with E-state index in [4.69, 9.17) is 5.11 Å². The van der Waals surface area contributed by atoms with Gasteiger partial charge >= 0.3 is 0 Å². The van der Waals surface area contributed by atoms with Crippen LogP contribution in [0.1, 0.15) is 24.7 Å². The average molecular weight is 247 g/mol. The molecule has 0 unspecified atom stereocenters. The van der Waals surface area contributed by atoms with E-state index in [9.17, 15) is 0 Å². The fourth-order valence-corrected chi connectivity index (χ4v) is 2.15. The van der Waals surface area contributed by atoms with Gasteiger partial charge in [0, 0.05) is 13.7 Å². The van der Waals surface area contributed by atoms with E-state index >= 15 is 0 Å². The normalized spacial score (nSPS) is 10.8. The van der Waals surface area contributed by atoms with E-state index in [2.05, 4.69) is 28.0 Å². The summed E-state index contributed by atoms with van der Waals surface area (Å²) in [6.45, 7) is 2.32. The van der Waals surface area contributed by atoms with Crippen LogP contribution < -0.4 is 0 Å². The van der Waals surface area contributed by atoms with E-state index in [0.29, 0.717) is 0 Å². The Hall–Kier alpha value is -0.350. The summed E-state index contributed by atoms with van der Waals surface area (Å²) in [5.41, 5.74) is 2.27. The van der Waals surface area contributed by atoms with Gasteiger partial charge in [0.25, 0.3) is 0 Å². The minimum atomic E-state index is 0.235. The molecule has 1 heterocycles. The summed E-state index contributed by atoms with van der Waals surface area (Å²) in [6, 6.07) is 0. The molecule has 0 bridgehead atoms. The Morgan fingerprint density at radius 3 is 2.69 bits per heavy atom. The van der Waals surface area contributed by atoms with Gasteiger partial charge in [0.2, 0.25) is 0 Å². The Labute approximate surface area is 86.9 Å². The van der Waals surface area contributed by atoms with Crippen LogP contribution in [0.15, 0.2) is 4.47 Å². The molecule has 0 aliphatic rings. The summed E-state index contributed by atoms with van der Waals surface area (Å²) in [6.07, 6.45) is 2.61. The van der Waals surface area contributed by atoms with Gasteiger partial charge < -0.3 is 5.11 Å². The molecule has 1 N–H and O–H groups in total. The van der Waals surface area contributed by atoms with Crippen LogP contribution in [0.25, 0.3) is 0 Å². The lowest BCUT2D eigenvalue weighted by molar-refractivity contribution is 0.287. The van der Waals surface area contributed by atoms with Crippen molar-refractivity contribution in [3.63, 3.8) is 0 Å². The van der Waals surface area contributed by atoms with Gasteiger partial charge in [-0.3, -0.25) is 4.68 Å². The fourth-order valence-electron chi connectivity index (χ4n) is 1.34. The molecule has 1 rings (SSSR count). The van der Waals surface area contributed by atoms with Gasteiger partial charge in [0.05, 0.1) is 15.9 Å². The zero-order valence-electron chi connectivity index (χ0n) is 8.05. The highest BCUT2D eigenvalue weighted by molar-refractivity contribution is 9.10. The Balaban J connectivity index is 2.85. The average Bonchev–Trinajstić information content (AvgIpc) is 2.39. The van der Waals surface area contributed by atoms with Gasteiger partial charge in [-0.05, 0) is 35.2 Å². The molecule has 0 saturated heterocycles. The van der Waals surface area contributed by atoms with E-state index in [1.54, 1.807) is 0 Å². The molecule has 3 nitrogen and oxygen atoms in total. The second kappa shape index (κ2) is 4.77. The standard InChI is InChI=1S/C9H15BrN2O/c1-3-7-9(10)8(5-4-6-13)12(2)11-7/h13H,3-6H2,1-2H3. The van der Waals surface area contributed by atoms with Crippen LogP contribution in [-0.2, 0) is 19.9 Å². The first kappa shape index (κ1) is 10.7. The van der Waals surface area contributed by atoms with E-state index in [1.807, 2.05) is 11.7 Å². The summed E-state index contributed by atoms with van der Waals surface area (Å²) in [5, 5.41) is 13.1. The molecule has 4 heteroatoms. The lowest BCUT2D eigenvalue weighted by Gasteiger charge is -2.00. The molecular weight excluding hydrogens is 232 g/mol. The second-order valence-corrected chi connectivity index (χ2v) is 3.80. The first-order valence-corrected chi connectivity index (χ1v) is 5.31. The topological polar surface area (TPSA) is 38.0 Å². The highest BCUT2D eigenvalue weighted by atomic mass is 79.9. The molecule has 0 aliphatic carbocycles. The maximum Gasteiger partial charge on any atom is 0.0766 e. The summed E-state index contributed by atoms with van der Waals surface area (Å²) in [5.74, 6) is 0. The van der Waals surface area contributed by atoms with Crippen LogP contribution in [0.4, 0.5) is 0 Å². The minimum absolute atomic E-state index is 0.235. The maximum absolute atomic E-state index is 8.73. The fraction of sp³-hybridized carbons (Fsp3) is 0.667. The molecule has 13 heavy (non-hydrogen) atoms. The Morgan fingerprint density at radius 1 is 1.54 bits per heavy atom. The SMILES string of the molecule is CCc1nn(C)c(CCCO)c1Br. The molecule has 1 aromatic heterocycles. The Morgan fingerprint density at radius 2 is 2.23 bits per heavy atom. The predicted molar refractivity (Wildman–Crippen MR) is 55.7 cm³/mol. The van der Waals surface area contributed by atoms with Crippen LogP contribution in [-0.4, -0.2) is 21.5 Å². The quantitative estimate of drug-likeness (QED) is 0.878. The molecule has 0 saturated carbocycles. The van der Waals surface area contributed by atoms with Crippen LogP contribution >= 0.6 is 15.9 Å². The van der Waals surface area contributed by atoms with E-state index < -0.39 is 0 Å². The number of rotatable bonds is 4. The molecule has 0 aliphatic heterocycles. The molecule has 1 aromatic rings. The van der Waals surface area contributed by atoms with Gasteiger partial charge in [-0.15, -0.1) is 0 Å². The largest absolute Gasteiger partial charge is 0.396 e. The van der Waals surface area contributed by atoms with Crippen LogP contribution in [0.3, 0.4) is 0 Å². The third kappa shape index (κ3) is 2.31. The van der Waals surface area contributed by atoms with Gasteiger partial charge in [-0.2, -0.15) is 5.10 Å². The van der Waals surface area contributed by atoms with Crippen molar-refractivity contribution in [2.45, 2.75) is 26.2 Å². The molecule has 0 fully saturated rings. The van der Waals surface area contributed by atoms with Crippen molar-refractivity contribution in [1.29, 1.82) is 0 Å². The van der Waals surface area contributed by atoms with Crippen molar-refractivity contribution in [1.82, 2.24) is 9.78 Å². The lowest BCUT2D eigenvalue weighted by atomic mass is 10.2. The van der Waals surface area contributed by atoms with Crippen molar-refractivity contribution in [2.75, 3.05) is 6.61 Å². The Kier molecular flexibility index (Phi) is 3.93. The first-order chi connectivity index (χ1) is 6.20. The highest BCUT2D eigenvalue weighted by Gasteiger charge is 2.11. The number of aliphatic hydroxyl groups excluding tert-OH is 1. The molecular formula is C9H15BrN2O. The molecule has 0 atom stereocenters. The lowest BCUT2D eigenvalue weighted by Crippen LogP contribution is -1.99. The van der Waals surface area contributed by atoms with Gasteiger partial charge in [0.15, 0.2) is 0 Å². The summed E-state index contributed by atoms with van der Waals surface area (Å²) in [4.78, 5) is 0. The van der Waals surface area contributed by atoms with Crippen molar-refractivity contribution in [3.05, 3.63) is 15.9 Å². The minimum Gasteiger partial charge on any atom is -0.396 e. The number of aromatic nitrogens is 2. The zero-order chi connectivity index (χ0) is 9.84. The smallest absolute Gasteiger partial charge is 0.0766 e. The summed E-state index contributed by atoms with van der Waals surface area (Å²) < 4.78 is 2.99. The molecule has 0 spiro atoms. The van der Waals surface area contributed by atoms with Crippen molar-refractivity contribution in [2.24, 2.45) is 7.05 Å². The second-order valence-electron chi connectivity index (χ2n) is 3.01. The van der Waals surface area contributed by atoms with Crippen LogP contribution in [0.5, 0.6) is 0 Å². The maximum atomic E-state index is 8.73. The highest BCUT2D eigenvalue weighted by Crippen LogP contribution is 2.22. The number of aliphatic hydroxyl groups is 1. The van der Waals surface area contributed by atoms with Gasteiger partial charge in [-0.25, -0.2) is 0 Å². The molecule has 0 radical (unpaired) electrons. The third-order valence-corrected chi connectivity index (χ3v) is 2.99.